The zero-order chi connectivity index (χ0) is 17.6. The number of hydrogen-bond donors (Lipinski definition) is 0. The van der Waals surface area contributed by atoms with E-state index in [0.29, 0.717) is 37.7 Å². The largest absolute Gasteiger partial charge is 0.351 e. The van der Waals surface area contributed by atoms with Gasteiger partial charge in [0, 0.05) is 44.6 Å². The topological polar surface area (TPSA) is 73.1 Å². The number of benzene rings is 1. The lowest BCUT2D eigenvalue weighted by Crippen LogP contribution is -2.48. The monoisotopic (exact) mass is 333 g/mol. The Morgan fingerprint density at radius 2 is 1.96 bits per heavy atom. The van der Waals surface area contributed by atoms with Crippen LogP contribution in [-0.4, -0.2) is 47.0 Å². The number of carbonyl (C=O) groups excluding carboxylic acids is 1. The van der Waals surface area contributed by atoms with Gasteiger partial charge in [-0.25, -0.2) is 9.97 Å². The first kappa shape index (κ1) is 16.7. The highest BCUT2D eigenvalue weighted by molar-refractivity contribution is 5.92. The van der Waals surface area contributed by atoms with Crippen molar-refractivity contribution in [2.45, 2.75) is 6.92 Å². The van der Waals surface area contributed by atoms with Crippen LogP contribution in [0, 0.1) is 18.3 Å². The van der Waals surface area contributed by atoms with Crippen molar-refractivity contribution < 1.29 is 4.79 Å². The Balaban J connectivity index is 1.60. The highest BCUT2D eigenvalue weighted by atomic mass is 16.2. The fraction of sp³-hybridized carbons (Fsp3) is 0.263. The average Bonchev–Trinajstić information content (AvgIpc) is 2.66. The van der Waals surface area contributed by atoms with Crippen molar-refractivity contribution in [1.29, 1.82) is 5.26 Å². The lowest BCUT2D eigenvalue weighted by molar-refractivity contribution is -0.126. The SMILES string of the molecule is Cc1cccc(C=CC(=O)N2CCN(c3nccnc3C#N)CC2)c1. The van der Waals surface area contributed by atoms with E-state index in [1.807, 2.05) is 47.1 Å². The third kappa shape index (κ3) is 4.01. The maximum atomic E-state index is 12.4. The Labute approximate surface area is 147 Å². The van der Waals surface area contributed by atoms with Gasteiger partial charge in [0.2, 0.25) is 5.91 Å². The highest BCUT2D eigenvalue weighted by Crippen LogP contribution is 2.16. The molecule has 1 saturated heterocycles. The molecule has 0 spiro atoms. The van der Waals surface area contributed by atoms with E-state index >= 15 is 0 Å². The number of amides is 1. The molecule has 0 unspecified atom stereocenters. The van der Waals surface area contributed by atoms with Gasteiger partial charge < -0.3 is 9.80 Å². The van der Waals surface area contributed by atoms with Crippen molar-refractivity contribution in [2.24, 2.45) is 0 Å². The minimum Gasteiger partial charge on any atom is -0.351 e. The molecule has 25 heavy (non-hydrogen) atoms. The van der Waals surface area contributed by atoms with Crippen LogP contribution in [0.25, 0.3) is 6.08 Å². The number of nitriles is 1. The van der Waals surface area contributed by atoms with E-state index in [1.165, 1.54) is 11.8 Å². The van der Waals surface area contributed by atoms with Crippen LogP contribution in [0.15, 0.2) is 42.7 Å². The third-order valence-electron chi connectivity index (χ3n) is 4.14. The summed E-state index contributed by atoms with van der Waals surface area (Å²) in [6.07, 6.45) is 6.56. The van der Waals surface area contributed by atoms with E-state index in [9.17, 15) is 4.79 Å². The third-order valence-corrected chi connectivity index (χ3v) is 4.14. The van der Waals surface area contributed by atoms with Gasteiger partial charge in [-0.15, -0.1) is 0 Å². The normalized spacial score (nSPS) is 14.6. The van der Waals surface area contributed by atoms with Crippen LogP contribution < -0.4 is 4.90 Å². The number of aromatic nitrogens is 2. The molecule has 2 aromatic rings. The number of hydrogen-bond acceptors (Lipinski definition) is 5. The highest BCUT2D eigenvalue weighted by Gasteiger charge is 2.22. The first-order valence-corrected chi connectivity index (χ1v) is 8.17. The van der Waals surface area contributed by atoms with Crippen molar-refractivity contribution in [3.63, 3.8) is 0 Å². The van der Waals surface area contributed by atoms with Gasteiger partial charge in [0.25, 0.3) is 0 Å². The second-order valence-electron chi connectivity index (χ2n) is 5.90. The Bertz CT molecular complexity index is 832. The van der Waals surface area contributed by atoms with Crippen molar-refractivity contribution in [3.8, 4) is 6.07 Å². The van der Waals surface area contributed by atoms with Gasteiger partial charge in [-0.05, 0) is 18.6 Å². The molecule has 0 N–H and O–H groups in total. The van der Waals surface area contributed by atoms with E-state index in [2.05, 4.69) is 16.0 Å². The first-order valence-electron chi connectivity index (χ1n) is 8.17. The van der Waals surface area contributed by atoms with Gasteiger partial charge in [0.05, 0.1) is 0 Å². The molecule has 1 fully saturated rings. The molecule has 126 valence electrons. The fourth-order valence-corrected chi connectivity index (χ4v) is 2.83. The van der Waals surface area contributed by atoms with E-state index in [1.54, 1.807) is 12.3 Å². The Morgan fingerprint density at radius 3 is 2.68 bits per heavy atom. The first-order chi connectivity index (χ1) is 12.2. The van der Waals surface area contributed by atoms with Crippen LogP contribution in [-0.2, 0) is 4.79 Å². The van der Waals surface area contributed by atoms with Crippen LogP contribution in [0.4, 0.5) is 5.82 Å². The van der Waals surface area contributed by atoms with Crippen LogP contribution in [0.5, 0.6) is 0 Å². The minimum absolute atomic E-state index is 0.000749. The fourth-order valence-electron chi connectivity index (χ4n) is 2.83. The zero-order valence-electron chi connectivity index (χ0n) is 14.1. The van der Waals surface area contributed by atoms with Gasteiger partial charge in [-0.1, -0.05) is 29.8 Å². The summed E-state index contributed by atoms with van der Waals surface area (Å²) in [6, 6.07) is 10.1. The summed E-state index contributed by atoms with van der Waals surface area (Å²) in [5.74, 6) is 0.591. The molecule has 1 aromatic carbocycles. The lowest BCUT2D eigenvalue weighted by atomic mass is 10.1. The minimum atomic E-state index is 0.000749. The Hall–Kier alpha value is -3.20. The molecule has 0 radical (unpaired) electrons. The van der Waals surface area contributed by atoms with E-state index in [0.717, 1.165) is 5.56 Å². The number of nitrogens with zero attached hydrogens (tertiary/aromatic N) is 5. The second kappa shape index (κ2) is 7.58. The second-order valence-corrected chi connectivity index (χ2v) is 5.90. The summed E-state index contributed by atoms with van der Waals surface area (Å²) in [5, 5.41) is 9.13. The number of piperazine rings is 1. The molecule has 3 rings (SSSR count). The van der Waals surface area contributed by atoms with Crippen LogP contribution in [0.2, 0.25) is 0 Å². The van der Waals surface area contributed by atoms with E-state index in [-0.39, 0.29) is 5.91 Å². The van der Waals surface area contributed by atoms with E-state index < -0.39 is 0 Å². The van der Waals surface area contributed by atoms with Crippen molar-refractivity contribution in [2.75, 3.05) is 31.1 Å². The molecule has 0 saturated carbocycles. The molecule has 6 heteroatoms. The quantitative estimate of drug-likeness (QED) is 0.804. The summed E-state index contributed by atoms with van der Waals surface area (Å²) < 4.78 is 0. The number of carbonyl (C=O) groups is 1. The lowest BCUT2D eigenvalue weighted by Gasteiger charge is -2.34. The molecular weight excluding hydrogens is 314 g/mol. The summed E-state index contributed by atoms with van der Waals surface area (Å²) in [6.45, 7) is 4.49. The molecule has 1 aliphatic heterocycles. The summed E-state index contributed by atoms with van der Waals surface area (Å²) in [4.78, 5) is 24.5. The van der Waals surface area contributed by atoms with Gasteiger partial charge in [-0.2, -0.15) is 5.26 Å². The standard InChI is InChI=1S/C19H19N5O/c1-15-3-2-4-16(13-15)5-6-18(25)23-9-11-24(12-10-23)19-17(14-20)21-7-8-22-19/h2-8,13H,9-12H2,1H3. The molecular formula is C19H19N5O. The molecule has 0 atom stereocenters. The molecule has 6 nitrogen and oxygen atoms in total. The average molecular weight is 333 g/mol. The molecule has 1 aliphatic rings. The molecule has 0 aliphatic carbocycles. The maximum absolute atomic E-state index is 12.4. The number of anilines is 1. The zero-order valence-corrected chi connectivity index (χ0v) is 14.1. The molecule has 1 aromatic heterocycles. The predicted octanol–water partition coefficient (Wildman–Crippen LogP) is 2.02. The van der Waals surface area contributed by atoms with Gasteiger partial charge >= 0.3 is 0 Å². The van der Waals surface area contributed by atoms with Crippen molar-refractivity contribution in [1.82, 2.24) is 14.9 Å². The van der Waals surface area contributed by atoms with Crippen LogP contribution >= 0.6 is 0 Å². The van der Waals surface area contributed by atoms with Gasteiger partial charge in [-0.3, -0.25) is 4.79 Å². The molecule has 2 heterocycles. The van der Waals surface area contributed by atoms with Gasteiger partial charge in [0.1, 0.15) is 6.07 Å². The van der Waals surface area contributed by atoms with Crippen molar-refractivity contribution >= 4 is 17.8 Å². The van der Waals surface area contributed by atoms with Crippen molar-refractivity contribution in [3.05, 3.63) is 59.6 Å². The van der Waals surface area contributed by atoms with Gasteiger partial charge in [0.15, 0.2) is 11.5 Å². The molecule has 0 bridgehead atoms. The predicted molar refractivity (Wildman–Crippen MR) is 95.8 cm³/mol. The summed E-state index contributed by atoms with van der Waals surface area (Å²) in [7, 11) is 0. The molecule has 1 amide bonds. The number of aryl methyl sites for hydroxylation is 1. The van der Waals surface area contributed by atoms with Crippen LogP contribution in [0.1, 0.15) is 16.8 Å². The Morgan fingerprint density at radius 1 is 1.20 bits per heavy atom. The van der Waals surface area contributed by atoms with Crippen LogP contribution in [0.3, 0.4) is 0 Å². The summed E-state index contributed by atoms with van der Waals surface area (Å²) in [5.41, 5.74) is 2.51. The van der Waals surface area contributed by atoms with E-state index in [4.69, 9.17) is 5.26 Å². The maximum Gasteiger partial charge on any atom is 0.246 e. The smallest absolute Gasteiger partial charge is 0.246 e. The summed E-state index contributed by atoms with van der Waals surface area (Å²) >= 11 is 0. The number of rotatable bonds is 3. The Kier molecular flexibility index (Phi) is 5.05.